The summed E-state index contributed by atoms with van der Waals surface area (Å²) in [6, 6.07) is 21.1. The molecule has 1 aromatic heterocycles. The van der Waals surface area contributed by atoms with Gasteiger partial charge in [0.15, 0.2) is 0 Å². The zero-order chi connectivity index (χ0) is 18.4. The molecule has 0 atom stereocenters. The van der Waals surface area contributed by atoms with Gasteiger partial charge in [0.25, 0.3) is 5.91 Å². The Morgan fingerprint density at radius 3 is 2.58 bits per heavy atom. The standard InChI is InChI=1S/C21H20ClN3O/c1-25(15-16-7-3-2-4-8-16)20-13-17(11-12-23-20)21(26)24-14-18-9-5-6-10-19(18)22/h2-13H,14-15H2,1H3,(H,24,26). The van der Waals surface area contributed by atoms with Crippen LogP contribution in [-0.4, -0.2) is 17.9 Å². The lowest BCUT2D eigenvalue weighted by atomic mass is 10.2. The van der Waals surface area contributed by atoms with Gasteiger partial charge in [0.2, 0.25) is 0 Å². The average molecular weight is 366 g/mol. The van der Waals surface area contributed by atoms with E-state index in [-0.39, 0.29) is 5.91 Å². The molecule has 0 spiro atoms. The third-order valence-electron chi connectivity index (χ3n) is 4.06. The molecule has 0 aliphatic heterocycles. The van der Waals surface area contributed by atoms with E-state index in [0.29, 0.717) is 17.1 Å². The van der Waals surface area contributed by atoms with Gasteiger partial charge in [-0.1, -0.05) is 60.1 Å². The predicted octanol–water partition coefficient (Wildman–Crippen LogP) is 4.30. The highest BCUT2D eigenvalue weighted by Gasteiger charge is 2.10. The van der Waals surface area contributed by atoms with Crippen LogP contribution in [0.25, 0.3) is 0 Å². The van der Waals surface area contributed by atoms with Crippen LogP contribution in [0.1, 0.15) is 21.5 Å². The molecule has 0 aliphatic rings. The van der Waals surface area contributed by atoms with Crippen molar-refractivity contribution in [3.8, 4) is 0 Å². The summed E-state index contributed by atoms with van der Waals surface area (Å²) in [6.07, 6.45) is 1.65. The van der Waals surface area contributed by atoms with Gasteiger partial charge in [-0.15, -0.1) is 0 Å². The number of carbonyl (C=O) groups excluding carboxylic acids is 1. The van der Waals surface area contributed by atoms with Gasteiger partial charge in [-0.3, -0.25) is 4.79 Å². The van der Waals surface area contributed by atoms with Gasteiger partial charge in [0, 0.05) is 36.9 Å². The number of hydrogen-bond donors (Lipinski definition) is 1. The number of hydrogen-bond acceptors (Lipinski definition) is 3. The summed E-state index contributed by atoms with van der Waals surface area (Å²) in [5, 5.41) is 3.55. The zero-order valence-corrected chi connectivity index (χ0v) is 15.3. The van der Waals surface area contributed by atoms with Gasteiger partial charge in [-0.25, -0.2) is 4.98 Å². The SMILES string of the molecule is CN(Cc1ccccc1)c1cc(C(=O)NCc2ccccc2Cl)ccn1. The van der Waals surface area contributed by atoms with Gasteiger partial charge in [0.1, 0.15) is 5.82 Å². The molecule has 1 N–H and O–H groups in total. The summed E-state index contributed by atoms with van der Waals surface area (Å²) in [5.41, 5.74) is 2.64. The molecule has 1 amide bonds. The van der Waals surface area contributed by atoms with Crippen LogP contribution in [0.2, 0.25) is 5.02 Å². The van der Waals surface area contributed by atoms with Crippen LogP contribution < -0.4 is 10.2 Å². The topological polar surface area (TPSA) is 45.2 Å². The highest BCUT2D eigenvalue weighted by atomic mass is 35.5. The number of nitrogens with one attached hydrogen (secondary N) is 1. The van der Waals surface area contributed by atoms with Crippen molar-refractivity contribution in [3.05, 3.63) is 94.6 Å². The molecule has 0 aliphatic carbocycles. The van der Waals surface area contributed by atoms with Crippen LogP contribution in [0.5, 0.6) is 0 Å². The highest BCUT2D eigenvalue weighted by Crippen LogP contribution is 2.16. The number of nitrogens with zero attached hydrogens (tertiary/aromatic N) is 2. The predicted molar refractivity (Wildman–Crippen MR) is 105 cm³/mol. The van der Waals surface area contributed by atoms with Crippen molar-refractivity contribution < 1.29 is 4.79 Å². The minimum absolute atomic E-state index is 0.151. The summed E-state index contributed by atoms with van der Waals surface area (Å²) < 4.78 is 0. The van der Waals surface area contributed by atoms with Crippen LogP contribution in [0.15, 0.2) is 72.9 Å². The maximum absolute atomic E-state index is 12.5. The normalized spacial score (nSPS) is 10.4. The Hall–Kier alpha value is -2.85. The number of aromatic nitrogens is 1. The maximum atomic E-state index is 12.5. The molecule has 4 nitrogen and oxygen atoms in total. The fourth-order valence-electron chi connectivity index (χ4n) is 2.63. The van der Waals surface area contributed by atoms with E-state index in [1.165, 1.54) is 5.56 Å². The summed E-state index contributed by atoms with van der Waals surface area (Å²) in [7, 11) is 1.96. The van der Waals surface area contributed by atoms with E-state index >= 15 is 0 Å². The van der Waals surface area contributed by atoms with Crippen molar-refractivity contribution in [3.63, 3.8) is 0 Å². The van der Waals surface area contributed by atoms with Crippen LogP contribution in [0, 0.1) is 0 Å². The number of rotatable bonds is 6. The molecule has 0 fully saturated rings. The van der Waals surface area contributed by atoms with Crippen molar-refractivity contribution in [1.82, 2.24) is 10.3 Å². The Morgan fingerprint density at radius 2 is 1.81 bits per heavy atom. The molecule has 26 heavy (non-hydrogen) atoms. The molecule has 0 unspecified atom stereocenters. The van der Waals surface area contributed by atoms with Gasteiger partial charge >= 0.3 is 0 Å². The molecule has 2 aromatic carbocycles. The first-order chi connectivity index (χ1) is 12.6. The molecule has 1 heterocycles. The lowest BCUT2D eigenvalue weighted by Gasteiger charge is -2.18. The van der Waals surface area contributed by atoms with Crippen molar-refractivity contribution >= 4 is 23.3 Å². The zero-order valence-electron chi connectivity index (χ0n) is 14.5. The molecule has 3 aromatic rings. The molecular formula is C21H20ClN3O. The van der Waals surface area contributed by atoms with Crippen molar-refractivity contribution in [1.29, 1.82) is 0 Å². The molecule has 0 saturated heterocycles. The van der Waals surface area contributed by atoms with Crippen LogP contribution >= 0.6 is 11.6 Å². The molecule has 0 bridgehead atoms. The Kier molecular flexibility index (Phi) is 5.87. The van der Waals surface area contributed by atoms with E-state index < -0.39 is 0 Å². The number of pyridine rings is 1. The van der Waals surface area contributed by atoms with Gasteiger partial charge in [-0.05, 0) is 29.3 Å². The number of carbonyl (C=O) groups is 1. The molecular weight excluding hydrogens is 346 g/mol. The Labute approximate surface area is 158 Å². The lowest BCUT2D eigenvalue weighted by molar-refractivity contribution is 0.0951. The molecule has 132 valence electrons. The highest BCUT2D eigenvalue weighted by molar-refractivity contribution is 6.31. The molecule has 0 saturated carbocycles. The van der Waals surface area contributed by atoms with E-state index in [9.17, 15) is 4.79 Å². The van der Waals surface area contributed by atoms with Crippen LogP contribution in [0.3, 0.4) is 0 Å². The number of halogens is 1. The third-order valence-corrected chi connectivity index (χ3v) is 4.43. The van der Waals surface area contributed by atoms with Crippen molar-refractivity contribution in [2.24, 2.45) is 0 Å². The fraction of sp³-hybridized carbons (Fsp3) is 0.143. The Balaban J connectivity index is 1.66. The molecule has 0 radical (unpaired) electrons. The summed E-state index contributed by atoms with van der Waals surface area (Å²) in [4.78, 5) is 18.9. The second kappa shape index (κ2) is 8.50. The molecule has 5 heteroatoms. The minimum Gasteiger partial charge on any atom is -0.355 e. The molecule has 3 rings (SSSR count). The summed E-state index contributed by atoms with van der Waals surface area (Å²) in [5.74, 6) is 0.598. The Morgan fingerprint density at radius 1 is 1.08 bits per heavy atom. The van der Waals surface area contributed by atoms with Gasteiger partial charge < -0.3 is 10.2 Å². The Bertz CT molecular complexity index is 883. The first-order valence-corrected chi connectivity index (χ1v) is 8.74. The smallest absolute Gasteiger partial charge is 0.251 e. The number of anilines is 1. The minimum atomic E-state index is -0.151. The van der Waals surface area contributed by atoms with Gasteiger partial charge in [0.05, 0.1) is 0 Å². The summed E-state index contributed by atoms with van der Waals surface area (Å²) >= 11 is 6.13. The number of amides is 1. The van der Waals surface area contributed by atoms with Crippen molar-refractivity contribution in [2.45, 2.75) is 13.1 Å². The largest absolute Gasteiger partial charge is 0.355 e. The van der Waals surface area contributed by atoms with E-state index in [1.807, 2.05) is 54.4 Å². The second-order valence-electron chi connectivity index (χ2n) is 6.02. The second-order valence-corrected chi connectivity index (χ2v) is 6.43. The van der Waals surface area contributed by atoms with Crippen molar-refractivity contribution in [2.75, 3.05) is 11.9 Å². The van der Waals surface area contributed by atoms with E-state index in [2.05, 4.69) is 22.4 Å². The monoisotopic (exact) mass is 365 g/mol. The van der Waals surface area contributed by atoms with E-state index in [0.717, 1.165) is 17.9 Å². The maximum Gasteiger partial charge on any atom is 0.251 e. The summed E-state index contributed by atoms with van der Waals surface area (Å²) in [6.45, 7) is 1.11. The van der Waals surface area contributed by atoms with Crippen LogP contribution in [0.4, 0.5) is 5.82 Å². The first-order valence-electron chi connectivity index (χ1n) is 8.36. The van der Waals surface area contributed by atoms with Crippen LogP contribution in [-0.2, 0) is 13.1 Å². The van der Waals surface area contributed by atoms with E-state index in [1.54, 1.807) is 18.3 Å². The quantitative estimate of drug-likeness (QED) is 0.708. The number of benzene rings is 2. The fourth-order valence-corrected chi connectivity index (χ4v) is 2.83. The van der Waals surface area contributed by atoms with Gasteiger partial charge in [-0.2, -0.15) is 0 Å². The third kappa shape index (κ3) is 4.61. The first kappa shape index (κ1) is 18.0. The van der Waals surface area contributed by atoms with E-state index in [4.69, 9.17) is 11.6 Å². The lowest BCUT2D eigenvalue weighted by Crippen LogP contribution is -2.24. The average Bonchev–Trinajstić information content (AvgIpc) is 2.68.